The van der Waals surface area contributed by atoms with Crippen LogP contribution in [0.15, 0.2) is 42.5 Å². The number of nitrogens with zero attached hydrogens (tertiary/aromatic N) is 1. The molecule has 5 nitrogen and oxygen atoms in total. The van der Waals surface area contributed by atoms with Crippen molar-refractivity contribution in [2.45, 2.75) is 33.3 Å². The van der Waals surface area contributed by atoms with Gasteiger partial charge in [0, 0.05) is 18.7 Å². The van der Waals surface area contributed by atoms with Gasteiger partial charge in [-0.3, -0.25) is 4.79 Å². The average Bonchev–Trinajstić information content (AvgIpc) is 3.20. The summed E-state index contributed by atoms with van der Waals surface area (Å²) in [5.41, 5.74) is 3.49. The molecule has 0 bridgehead atoms. The fraction of sp³-hybridized carbons (Fsp3) is 0.364. The smallest absolute Gasteiger partial charge is 0.344 e. The van der Waals surface area contributed by atoms with Crippen molar-refractivity contribution < 1.29 is 19.1 Å². The Hall–Kier alpha value is -2.82. The third-order valence-electron chi connectivity index (χ3n) is 4.74. The Morgan fingerprint density at radius 1 is 0.963 bits per heavy atom. The first-order valence-electron chi connectivity index (χ1n) is 9.27. The van der Waals surface area contributed by atoms with Crippen LogP contribution < -0.4 is 4.74 Å². The van der Waals surface area contributed by atoms with Gasteiger partial charge in [0.05, 0.1) is 0 Å². The maximum absolute atomic E-state index is 12.3. The fourth-order valence-corrected chi connectivity index (χ4v) is 3.21. The molecule has 1 heterocycles. The highest BCUT2D eigenvalue weighted by Gasteiger charge is 2.19. The van der Waals surface area contributed by atoms with E-state index < -0.39 is 5.97 Å². The van der Waals surface area contributed by atoms with E-state index in [1.165, 1.54) is 0 Å². The zero-order valence-electron chi connectivity index (χ0n) is 15.9. The summed E-state index contributed by atoms with van der Waals surface area (Å²) in [6.07, 6.45) is 2.15. The number of aryl methyl sites for hydroxylation is 2. The maximum Gasteiger partial charge on any atom is 0.344 e. The van der Waals surface area contributed by atoms with Crippen LogP contribution >= 0.6 is 0 Å². The first-order valence-corrected chi connectivity index (χ1v) is 9.27. The number of esters is 1. The molecule has 0 saturated carbocycles. The predicted octanol–water partition coefficient (Wildman–Crippen LogP) is 3.66. The molecule has 3 rings (SSSR count). The Morgan fingerprint density at radius 2 is 1.59 bits per heavy atom. The van der Waals surface area contributed by atoms with Gasteiger partial charge in [-0.2, -0.15) is 0 Å². The van der Waals surface area contributed by atoms with Crippen LogP contribution in [-0.4, -0.2) is 36.5 Å². The summed E-state index contributed by atoms with van der Waals surface area (Å²) in [6, 6.07) is 13.1. The van der Waals surface area contributed by atoms with Gasteiger partial charge in [-0.25, -0.2) is 4.79 Å². The zero-order valence-corrected chi connectivity index (χ0v) is 15.9. The van der Waals surface area contributed by atoms with E-state index in [-0.39, 0.29) is 19.1 Å². The van der Waals surface area contributed by atoms with Crippen LogP contribution in [0, 0.1) is 13.8 Å². The molecular weight excluding hydrogens is 342 g/mol. The molecule has 0 N–H and O–H groups in total. The van der Waals surface area contributed by atoms with E-state index in [4.69, 9.17) is 9.47 Å². The number of hydrogen-bond donors (Lipinski definition) is 0. The van der Waals surface area contributed by atoms with Crippen LogP contribution in [0.1, 0.15) is 39.9 Å². The number of rotatable bonds is 6. The van der Waals surface area contributed by atoms with Crippen LogP contribution in [0.5, 0.6) is 5.75 Å². The van der Waals surface area contributed by atoms with Gasteiger partial charge in [-0.05, 0) is 55.5 Å². The highest BCUT2D eigenvalue weighted by atomic mass is 16.6. The number of carbonyl (C=O) groups excluding carboxylic acids is 2. The van der Waals surface area contributed by atoms with Crippen molar-refractivity contribution in [3.63, 3.8) is 0 Å². The summed E-state index contributed by atoms with van der Waals surface area (Å²) in [6.45, 7) is 5.58. The molecule has 0 spiro atoms. The summed E-state index contributed by atoms with van der Waals surface area (Å²) in [5.74, 6) is 0.368. The first kappa shape index (κ1) is 19.0. The fourth-order valence-electron chi connectivity index (χ4n) is 3.21. The van der Waals surface area contributed by atoms with Gasteiger partial charge in [-0.15, -0.1) is 0 Å². The molecule has 0 aliphatic carbocycles. The lowest BCUT2D eigenvalue weighted by Gasteiger charge is -2.15. The van der Waals surface area contributed by atoms with Crippen molar-refractivity contribution in [3.8, 4) is 5.75 Å². The minimum atomic E-state index is -0.421. The van der Waals surface area contributed by atoms with Crippen molar-refractivity contribution in [3.05, 3.63) is 64.7 Å². The Morgan fingerprint density at radius 3 is 2.22 bits per heavy atom. The highest BCUT2D eigenvalue weighted by molar-refractivity contribution is 5.94. The van der Waals surface area contributed by atoms with Crippen LogP contribution in [0.4, 0.5) is 0 Å². The van der Waals surface area contributed by atoms with Crippen molar-refractivity contribution in [2.75, 3.05) is 19.7 Å². The Bertz CT molecular complexity index is 787. The standard InChI is InChI=1S/C22H25NO4/c1-16-6-5-7-17(2)21(16)27-15-20(24)26-14-18-8-10-19(11-9-18)22(25)23-12-3-4-13-23/h5-11H,3-4,12-15H2,1-2H3. The van der Waals surface area contributed by atoms with Crippen LogP contribution in [0.25, 0.3) is 0 Å². The molecule has 5 heteroatoms. The largest absolute Gasteiger partial charge is 0.481 e. The van der Waals surface area contributed by atoms with Gasteiger partial charge in [0.2, 0.25) is 0 Å². The summed E-state index contributed by atoms with van der Waals surface area (Å²) in [7, 11) is 0. The summed E-state index contributed by atoms with van der Waals surface area (Å²) >= 11 is 0. The molecule has 1 aliphatic rings. The third-order valence-corrected chi connectivity index (χ3v) is 4.74. The second kappa shape index (κ2) is 8.71. The Balaban J connectivity index is 1.48. The van der Waals surface area contributed by atoms with E-state index in [1.54, 1.807) is 12.1 Å². The molecule has 0 unspecified atom stereocenters. The van der Waals surface area contributed by atoms with Crippen LogP contribution in [0.3, 0.4) is 0 Å². The number of para-hydroxylation sites is 1. The quantitative estimate of drug-likeness (QED) is 0.731. The topological polar surface area (TPSA) is 55.8 Å². The van der Waals surface area contributed by atoms with E-state index in [0.29, 0.717) is 5.56 Å². The Kier molecular flexibility index (Phi) is 6.12. The second-order valence-electron chi connectivity index (χ2n) is 6.87. The molecule has 2 aromatic carbocycles. The molecule has 1 saturated heterocycles. The van der Waals surface area contributed by atoms with E-state index in [2.05, 4.69) is 0 Å². The van der Waals surface area contributed by atoms with Crippen molar-refractivity contribution in [1.82, 2.24) is 4.90 Å². The lowest BCUT2D eigenvalue weighted by molar-refractivity contribution is -0.147. The predicted molar refractivity (Wildman–Crippen MR) is 103 cm³/mol. The number of ether oxygens (including phenoxy) is 2. The minimum Gasteiger partial charge on any atom is -0.481 e. The van der Waals surface area contributed by atoms with Crippen molar-refractivity contribution in [2.24, 2.45) is 0 Å². The number of carbonyl (C=O) groups is 2. The van der Waals surface area contributed by atoms with Crippen molar-refractivity contribution in [1.29, 1.82) is 0 Å². The van der Waals surface area contributed by atoms with E-state index in [0.717, 1.165) is 48.4 Å². The SMILES string of the molecule is Cc1cccc(C)c1OCC(=O)OCc1ccc(C(=O)N2CCCC2)cc1. The summed E-state index contributed by atoms with van der Waals surface area (Å²) in [4.78, 5) is 26.2. The van der Waals surface area contributed by atoms with E-state index >= 15 is 0 Å². The molecule has 2 aromatic rings. The average molecular weight is 367 g/mol. The van der Waals surface area contributed by atoms with E-state index in [1.807, 2.05) is 49.1 Å². The summed E-state index contributed by atoms with van der Waals surface area (Å²) in [5, 5.41) is 0. The minimum absolute atomic E-state index is 0.0676. The van der Waals surface area contributed by atoms with Crippen molar-refractivity contribution >= 4 is 11.9 Å². The normalized spacial score (nSPS) is 13.5. The number of likely N-dealkylation sites (tertiary alicyclic amines) is 1. The second-order valence-corrected chi connectivity index (χ2v) is 6.87. The lowest BCUT2D eigenvalue weighted by atomic mass is 10.1. The number of amides is 1. The first-order chi connectivity index (χ1) is 13.0. The molecule has 0 radical (unpaired) electrons. The van der Waals surface area contributed by atoms with Crippen LogP contribution in [0.2, 0.25) is 0 Å². The number of hydrogen-bond acceptors (Lipinski definition) is 4. The maximum atomic E-state index is 12.3. The monoisotopic (exact) mass is 367 g/mol. The molecular formula is C22H25NO4. The summed E-state index contributed by atoms with van der Waals surface area (Å²) < 4.78 is 10.9. The van der Waals surface area contributed by atoms with Gasteiger partial charge < -0.3 is 14.4 Å². The molecule has 1 aliphatic heterocycles. The van der Waals surface area contributed by atoms with Gasteiger partial charge in [0.1, 0.15) is 12.4 Å². The van der Waals surface area contributed by atoms with Gasteiger partial charge in [0.15, 0.2) is 6.61 Å². The zero-order chi connectivity index (χ0) is 19.2. The molecule has 1 amide bonds. The lowest BCUT2D eigenvalue weighted by Crippen LogP contribution is -2.27. The van der Waals surface area contributed by atoms with Crippen LogP contribution in [-0.2, 0) is 16.1 Å². The molecule has 0 aromatic heterocycles. The third kappa shape index (κ3) is 4.88. The molecule has 1 fully saturated rings. The van der Waals surface area contributed by atoms with E-state index in [9.17, 15) is 9.59 Å². The molecule has 27 heavy (non-hydrogen) atoms. The number of benzene rings is 2. The highest BCUT2D eigenvalue weighted by Crippen LogP contribution is 2.22. The van der Waals surface area contributed by atoms with Gasteiger partial charge in [0.25, 0.3) is 5.91 Å². The molecule has 142 valence electrons. The van der Waals surface area contributed by atoms with Gasteiger partial charge in [-0.1, -0.05) is 30.3 Å². The van der Waals surface area contributed by atoms with Gasteiger partial charge >= 0.3 is 5.97 Å². The Labute approximate surface area is 159 Å². The molecule has 0 atom stereocenters.